The lowest BCUT2D eigenvalue weighted by atomic mass is 9.99. The van der Waals surface area contributed by atoms with Gasteiger partial charge in [-0.1, -0.05) is 167 Å². The maximum atomic E-state index is 12.8. The highest BCUT2D eigenvalue weighted by molar-refractivity contribution is 5.70. The van der Waals surface area contributed by atoms with Gasteiger partial charge in [-0.15, -0.1) is 5.73 Å². The van der Waals surface area contributed by atoms with E-state index in [1.54, 1.807) is 0 Å². The Bertz CT molecular complexity index is 1180. The fraction of sp³-hybridized carbons (Fsp3) is 0.830. The summed E-state index contributed by atoms with van der Waals surface area (Å²) >= 11 is 0. The summed E-state index contributed by atoms with van der Waals surface area (Å²) in [7, 11) is 0. The maximum absolute atomic E-state index is 12.8. The molecule has 366 valence electrons. The quantitative estimate of drug-likeness (QED) is 0.0201. The minimum atomic E-state index is -1.61. The van der Waals surface area contributed by atoms with Gasteiger partial charge in [-0.3, -0.25) is 9.59 Å². The summed E-state index contributed by atoms with van der Waals surface area (Å²) < 4.78 is 22.2. The Kier molecular flexibility index (Phi) is 40.6. The fourth-order valence-electron chi connectivity index (χ4n) is 7.66. The SMILES string of the molecule is CCCCCCCC=C=CCCCCCCCC(=O)OC[C@H](CO[C@@H]1O[C@H](CO)[C@H](O)C(O)C1O)OC(=O)CCC/C=C/CC/C=C/CCCCCCCCCCCCCCCC. The zero-order chi connectivity index (χ0) is 45.9. The molecule has 1 saturated heterocycles. The lowest BCUT2D eigenvalue weighted by Crippen LogP contribution is -2.59. The van der Waals surface area contributed by atoms with Crippen molar-refractivity contribution >= 4 is 11.9 Å². The summed E-state index contributed by atoms with van der Waals surface area (Å²) in [5.41, 5.74) is 3.30. The van der Waals surface area contributed by atoms with Crippen molar-refractivity contribution < 1.29 is 49.0 Å². The number of hydrogen-bond donors (Lipinski definition) is 4. The third-order valence-electron chi connectivity index (χ3n) is 11.7. The molecule has 0 saturated carbocycles. The molecule has 1 fully saturated rings. The van der Waals surface area contributed by atoms with E-state index >= 15 is 0 Å². The minimum Gasteiger partial charge on any atom is -0.462 e. The minimum absolute atomic E-state index is 0.166. The summed E-state index contributed by atoms with van der Waals surface area (Å²) in [5, 5.41) is 40.2. The third kappa shape index (κ3) is 34.7. The number of esters is 2. The summed E-state index contributed by atoms with van der Waals surface area (Å²) in [6.45, 7) is 3.37. The van der Waals surface area contributed by atoms with Crippen molar-refractivity contribution in [1.29, 1.82) is 0 Å². The molecule has 0 spiro atoms. The molecule has 1 heterocycles. The van der Waals surface area contributed by atoms with Gasteiger partial charge >= 0.3 is 11.9 Å². The van der Waals surface area contributed by atoms with Gasteiger partial charge in [0.15, 0.2) is 12.4 Å². The average molecular weight is 891 g/mol. The van der Waals surface area contributed by atoms with Gasteiger partial charge < -0.3 is 39.4 Å². The summed E-state index contributed by atoms with van der Waals surface area (Å²) in [6, 6.07) is 0. The van der Waals surface area contributed by atoms with Crippen molar-refractivity contribution in [3.8, 4) is 0 Å². The van der Waals surface area contributed by atoms with Crippen molar-refractivity contribution in [2.75, 3.05) is 19.8 Å². The van der Waals surface area contributed by atoms with Crippen LogP contribution < -0.4 is 0 Å². The smallest absolute Gasteiger partial charge is 0.306 e. The first kappa shape index (κ1) is 58.7. The summed E-state index contributed by atoms with van der Waals surface area (Å²) in [5.74, 6) is -0.873. The Morgan fingerprint density at radius 2 is 0.968 bits per heavy atom. The molecule has 0 radical (unpaired) electrons. The third-order valence-corrected chi connectivity index (χ3v) is 11.7. The van der Waals surface area contributed by atoms with E-state index < -0.39 is 55.4 Å². The molecular weight excluding hydrogens is 797 g/mol. The van der Waals surface area contributed by atoms with Crippen molar-refractivity contribution in [1.82, 2.24) is 0 Å². The molecular formula is C53H94O10. The van der Waals surface area contributed by atoms with Crippen LogP contribution in [0.1, 0.15) is 226 Å². The van der Waals surface area contributed by atoms with E-state index in [4.69, 9.17) is 18.9 Å². The molecule has 2 unspecified atom stereocenters. The average Bonchev–Trinajstić information content (AvgIpc) is 3.28. The van der Waals surface area contributed by atoms with Crippen molar-refractivity contribution in [3.63, 3.8) is 0 Å². The molecule has 0 aliphatic carbocycles. The molecule has 1 aliphatic heterocycles. The molecule has 4 N–H and O–H groups in total. The van der Waals surface area contributed by atoms with Crippen LogP contribution in [0.3, 0.4) is 0 Å². The number of carbonyl (C=O) groups is 2. The number of allylic oxidation sites excluding steroid dienone is 5. The first-order valence-electron chi connectivity index (χ1n) is 25.8. The van der Waals surface area contributed by atoms with Crippen LogP contribution in [0.5, 0.6) is 0 Å². The molecule has 10 nitrogen and oxygen atoms in total. The van der Waals surface area contributed by atoms with E-state index in [2.05, 4.69) is 56.0 Å². The number of unbranched alkanes of at least 4 members (excludes halogenated alkanes) is 26. The van der Waals surface area contributed by atoms with E-state index in [0.717, 1.165) is 64.2 Å². The van der Waals surface area contributed by atoms with Gasteiger partial charge in [-0.2, -0.15) is 0 Å². The van der Waals surface area contributed by atoms with Crippen LogP contribution in [-0.4, -0.2) is 89.0 Å². The Hall–Kier alpha value is -2.30. The predicted molar refractivity (Wildman–Crippen MR) is 255 cm³/mol. The molecule has 63 heavy (non-hydrogen) atoms. The van der Waals surface area contributed by atoms with Crippen LogP contribution >= 0.6 is 0 Å². The van der Waals surface area contributed by atoms with Crippen molar-refractivity contribution in [3.05, 3.63) is 42.2 Å². The molecule has 0 amide bonds. The van der Waals surface area contributed by atoms with E-state index in [1.165, 1.54) is 122 Å². The molecule has 0 aromatic carbocycles. The van der Waals surface area contributed by atoms with Crippen molar-refractivity contribution in [2.45, 2.75) is 263 Å². The monoisotopic (exact) mass is 891 g/mol. The highest BCUT2D eigenvalue weighted by Gasteiger charge is 2.44. The number of carbonyl (C=O) groups excluding carboxylic acids is 2. The molecule has 1 rings (SSSR count). The van der Waals surface area contributed by atoms with Gasteiger partial charge in [0, 0.05) is 12.8 Å². The topological polar surface area (TPSA) is 152 Å². The fourth-order valence-corrected chi connectivity index (χ4v) is 7.66. The molecule has 0 bridgehead atoms. The lowest BCUT2D eigenvalue weighted by Gasteiger charge is -2.39. The molecule has 6 atom stereocenters. The van der Waals surface area contributed by atoms with Crippen LogP contribution in [-0.2, 0) is 28.5 Å². The van der Waals surface area contributed by atoms with E-state index in [9.17, 15) is 30.0 Å². The van der Waals surface area contributed by atoms with Gasteiger partial charge in [-0.25, -0.2) is 0 Å². The normalized spacial score (nSPS) is 19.4. The van der Waals surface area contributed by atoms with E-state index in [-0.39, 0.29) is 26.1 Å². The van der Waals surface area contributed by atoms with E-state index in [0.29, 0.717) is 12.8 Å². The van der Waals surface area contributed by atoms with Gasteiger partial charge in [-0.05, 0) is 82.8 Å². The number of hydrogen-bond acceptors (Lipinski definition) is 10. The van der Waals surface area contributed by atoms with Crippen LogP contribution in [0.2, 0.25) is 0 Å². The van der Waals surface area contributed by atoms with Gasteiger partial charge in [0.1, 0.15) is 31.0 Å². The second kappa shape index (κ2) is 43.6. The zero-order valence-electron chi connectivity index (χ0n) is 40.1. The highest BCUT2D eigenvalue weighted by Crippen LogP contribution is 2.23. The molecule has 0 aromatic rings. The Morgan fingerprint density at radius 1 is 0.524 bits per heavy atom. The molecule has 1 aliphatic rings. The molecule has 10 heteroatoms. The van der Waals surface area contributed by atoms with Crippen LogP contribution in [0, 0.1) is 0 Å². The Labute approximate surface area is 384 Å². The van der Waals surface area contributed by atoms with Gasteiger partial charge in [0.05, 0.1) is 13.2 Å². The Morgan fingerprint density at radius 3 is 1.49 bits per heavy atom. The standard InChI is InChI=1S/C53H94O10/c1-3-5-7-9-11-13-15-17-19-20-21-22-23-24-25-26-28-30-32-34-36-38-40-42-49(56)62-46(45-61-53-52(59)51(58)50(57)47(43-54)63-53)44-60-48(55)41-39-37-35-33-31-29-27-18-16-14-12-10-8-6-4-2/h16,26-28,34,36,46-47,50-54,57-59H,3-15,17,19-25,29-33,35,37-45H2,1-2H3/b28-26+,36-34+/t18?,46-,47-,50+,51?,52?,53-/m1/s1. The van der Waals surface area contributed by atoms with Crippen LogP contribution in [0.4, 0.5) is 0 Å². The van der Waals surface area contributed by atoms with Crippen LogP contribution in [0.15, 0.2) is 42.2 Å². The van der Waals surface area contributed by atoms with Gasteiger partial charge in [0.25, 0.3) is 0 Å². The van der Waals surface area contributed by atoms with E-state index in [1.807, 2.05) is 0 Å². The number of ether oxygens (including phenoxy) is 4. The zero-order valence-corrected chi connectivity index (χ0v) is 40.1. The largest absolute Gasteiger partial charge is 0.462 e. The second-order valence-electron chi connectivity index (χ2n) is 17.7. The highest BCUT2D eigenvalue weighted by atomic mass is 16.7. The van der Waals surface area contributed by atoms with Crippen molar-refractivity contribution in [2.24, 2.45) is 0 Å². The lowest BCUT2D eigenvalue weighted by molar-refractivity contribution is -0.305. The predicted octanol–water partition coefficient (Wildman–Crippen LogP) is 12.0. The first-order valence-corrected chi connectivity index (χ1v) is 25.8. The molecule has 0 aromatic heterocycles. The number of aliphatic hydroxyl groups excluding tert-OH is 4. The Balaban J connectivity index is 2.29. The number of rotatable bonds is 43. The van der Waals surface area contributed by atoms with Crippen LogP contribution in [0.25, 0.3) is 0 Å². The number of aliphatic hydroxyl groups is 4. The van der Waals surface area contributed by atoms with Gasteiger partial charge in [0.2, 0.25) is 0 Å². The summed E-state index contributed by atoms with van der Waals surface area (Å²) in [6.07, 6.45) is 42.3. The summed E-state index contributed by atoms with van der Waals surface area (Å²) in [4.78, 5) is 25.4. The maximum Gasteiger partial charge on any atom is 0.306 e. The second-order valence-corrected chi connectivity index (χ2v) is 17.7. The first-order chi connectivity index (χ1) is 30.8.